The standard InChI is InChI=1S/C13H11ClN2O2S/c1-3-8-16(2)19(17,18)11-5-6-12-10(9-11)4-7-13(14)15-12/h1,4-7,9H,8H2,2H3. The van der Waals surface area contributed by atoms with Crippen molar-refractivity contribution in [3.05, 3.63) is 35.5 Å². The minimum absolute atomic E-state index is 0.0270. The molecule has 0 N–H and O–H groups in total. The average molecular weight is 295 g/mol. The quantitative estimate of drug-likeness (QED) is 0.644. The van der Waals surface area contributed by atoms with Gasteiger partial charge in [0.2, 0.25) is 10.0 Å². The Morgan fingerprint density at radius 1 is 1.37 bits per heavy atom. The summed E-state index contributed by atoms with van der Waals surface area (Å²) in [7, 11) is -2.13. The molecule has 0 aliphatic rings. The van der Waals surface area contributed by atoms with E-state index in [1.165, 1.54) is 13.1 Å². The molecule has 0 fully saturated rings. The van der Waals surface area contributed by atoms with E-state index in [9.17, 15) is 8.42 Å². The predicted molar refractivity (Wildman–Crippen MR) is 75.4 cm³/mol. The van der Waals surface area contributed by atoms with Crippen LogP contribution in [0.4, 0.5) is 0 Å². The van der Waals surface area contributed by atoms with E-state index in [0.717, 1.165) is 4.31 Å². The highest BCUT2D eigenvalue weighted by molar-refractivity contribution is 7.89. The lowest BCUT2D eigenvalue weighted by atomic mass is 10.2. The number of aromatic nitrogens is 1. The van der Waals surface area contributed by atoms with Gasteiger partial charge in [-0.05, 0) is 30.3 Å². The van der Waals surface area contributed by atoms with E-state index >= 15 is 0 Å². The maximum atomic E-state index is 12.2. The fourth-order valence-electron chi connectivity index (χ4n) is 1.63. The second-order valence-electron chi connectivity index (χ2n) is 3.95. The number of terminal acetylenes is 1. The van der Waals surface area contributed by atoms with Crippen molar-refractivity contribution in [3.8, 4) is 12.3 Å². The molecule has 0 amide bonds. The number of benzene rings is 1. The summed E-state index contributed by atoms with van der Waals surface area (Å²) in [5.74, 6) is 2.30. The molecule has 4 nitrogen and oxygen atoms in total. The minimum atomic E-state index is -3.57. The molecule has 0 aliphatic carbocycles. The third-order valence-corrected chi connectivity index (χ3v) is 4.66. The van der Waals surface area contributed by atoms with E-state index in [0.29, 0.717) is 16.1 Å². The molecule has 19 heavy (non-hydrogen) atoms. The summed E-state index contributed by atoms with van der Waals surface area (Å²) in [5.41, 5.74) is 0.644. The zero-order valence-corrected chi connectivity index (χ0v) is 11.7. The van der Waals surface area contributed by atoms with Crippen molar-refractivity contribution >= 4 is 32.5 Å². The molecule has 0 bridgehead atoms. The molecule has 0 atom stereocenters. The van der Waals surface area contributed by atoms with Crippen LogP contribution in [0, 0.1) is 12.3 Å². The van der Waals surface area contributed by atoms with Crippen LogP contribution in [0.15, 0.2) is 35.2 Å². The summed E-state index contributed by atoms with van der Waals surface area (Å²) < 4.78 is 25.6. The molecular formula is C13H11ClN2O2S. The molecule has 6 heteroatoms. The molecule has 1 heterocycles. The van der Waals surface area contributed by atoms with E-state index in [1.807, 2.05) is 0 Å². The van der Waals surface area contributed by atoms with Crippen LogP contribution in [0.2, 0.25) is 5.15 Å². The lowest BCUT2D eigenvalue weighted by Gasteiger charge is -2.14. The van der Waals surface area contributed by atoms with Crippen molar-refractivity contribution in [3.63, 3.8) is 0 Å². The van der Waals surface area contributed by atoms with Crippen molar-refractivity contribution in [1.82, 2.24) is 9.29 Å². The molecule has 0 saturated carbocycles. The van der Waals surface area contributed by atoms with Gasteiger partial charge >= 0.3 is 0 Å². The number of fused-ring (bicyclic) bond motifs is 1. The van der Waals surface area contributed by atoms with Crippen molar-refractivity contribution in [2.75, 3.05) is 13.6 Å². The van der Waals surface area contributed by atoms with Gasteiger partial charge in [-0.15, -0.1) is 6.42 Å². The zero-order chi connectivity index (χ0) is 14.0. The third kappa shape index (κ3) is 2.71. The number of nitrogens with zero attached hydrogens (tertiary/aromatic N) is 2. The van der Waals surface area contributed by atoms with Gasteiger partial charge in [-0.25, -0.2) is 13.4 Å². The average Bonchev–Trinajstić information content (AvgIpc) is 2.38. The Labute approximate surface area is 117 Å². The van der Waals surface area contributed by atoms with Gasteiger partial charge in [0.05, 0.1) is 17.0 Å². The Balaban J connectivity index is 2.53. The third-order valence-electron chi connectivity index (χ3n) is 2.65. The normalized spacial score (nSPS) is 11.7. The van der Waals surface area contributed by atoms with Crippen molar-refractivity contribution in [1.29, 1.82) is 0 Å². The molecule has 0 radical (unpaired) electrons. The SMILES string of the molecule is C#CCN(C)S(=O)(=O)c1ccc2nc(Cl)ccc2c1. The Hall–Kier alpha value is -1.61. The fraction of sp³-hybridized carbons (Fsp3) is 0.154. The number of hydrogen-bond acceptors (Lipinski definition) is 3. The van der Waals surface area contributed by atoms with E-state index in [-0.39, 0.29) is 11.4 Å². The molecule has 2 aromatic rings. The van der Waals surface area contributed by atoms with Crippen LogP contribution in [0.1, 0.15) is 0 Å². The number of sulfonamides is 1. The van der Waals surface area contributed by atoms with Crippen LogP contribution in [-0.2, 0) is 10.0 Å². The maximum absolute atomic E-state index is 12.2. The van der Waals surface area contributed by atoms with Gasteiger partial charge < -0.3 is 0 Å². The first-order chi connectivity index (χ1) is 8.95. The number of rotatable bonds is 3. The number of halogens is 1. The Bertz CT molecular complexity index is 766. The summed E-state index contributed by atoms with van der Waals surface area (Å²) >= 11 is 5.78. The van der Waals surface area contributed by atoms with Crippen molar-refractivity contribution in [2.24, 2.45) is 0 Å². The lowest BCUT2D eigenvalue weighted by Crippen LogP contribution is -2.27. The minimum Gasteiger partial charge on any atom is -0.236 e. The molecule has 0 saturated heterocycles. The molecule has 0 spiro atoms. The fourth-order valence-corrected chi connectivity index (χ4v) is 2.91. The molecule has 0 unspecified atom stereocenters. The maximum Gasteiger partial charge on any atom is 0.243 e. The van der Waals surface area contributed by atoms with E-state index in [1.54, 1.807) is 24.3 Å². The Morgan fingerprint density at radius 2 is 2.11 bits per heavy atom. The number of pyridine rings is 1. The smallest absolute Gasteiger partial charge is 0.236 e. The largest absolute Gasteiger partial charge is 0.243 e. The molecule has 0 aliphatic heterocycles. The van der Waals surface area contributed by atoms with E-state index < -0.39 is 10.0 Å². The highest BCUT2D eigenvalue weighted by Gasteiger charge is 2.20. The van der Waals surface area contributed by atoms with Gasteiger partial charge in [0.25, 0.3) is 0 Å². The molecule has 2 rings (SSSR count). The van der Waals surface area contributed by atoms with Crippen LogP contribution >= 0.6 is 11.6 Å². The summed E-state index contributed by atoms with van der Waals surface area (Å²) in [6.07, 6.45) is 5.13. The molecule has 1 aromatic heterocycles. The predicted octanol–water partition coefficient (Wildman–Crippen LogP) is 2.14. The van der Waals surface area contributed by atoms with Gasteiger partial charge in [-0.3, -0.25) is 0 Å². The van der Waals surface area contributed by atoms with Gasteiger partial charge in [-0.2, -0.15) is 4.31 Å². The zero-order valence-electron chi connectivity index (χ0n) is 10.2. The summed E-state index contributed by atoms with van der Waals surface area (Å²) in [5, 5.41) is 1.08. The highest BCUT2D eigenvalue weighted by atomic mass is 35.5. The van der Waals surface area contributed by atoms with E-state index in [4.69, 9.17) is 18.0 Å². The molecule has 1 aromatic carbocycles. The molecular weight excluding hydrogens is 284 g/mol. The van der Waals surface area contributed by atoms with Crippen LogP contribution in [0.25, 0.3) is 10.9 Å². The monoisotopic (exact) mass is 294 g/mol. The Morgan fingerprint density at radius 3 is 2.79 bits per heavy atom. The van der Waals surface area contributed by atoms with Crippen LogP contribution < -0.4 is 0 Å². The van der Waals surface area contributed by atoms with Crippen molar-refractivity contribution < 1.29 is 8.42 Å². The van der Waals surface area contributed by atoms with Gasteiger partial charge in [0, 0.05) is 12.4 Å². The lowest BCUT2D eigenvalue weighted by molar-refractivity contribution is 0.503. The van der Waals surface area contributed by atoms with E-state index in [2.05, 4.69) is 10.9 Å². The molecule has 98 valence electrons. The first-order valence-corrected chi connectivity index (χ1v) is 7.23. The van der Waals surface area contributed by atoms with Crippen LogP contribution in [0.3, 0.4) is 0 Å². The highest BCUT2D eigenvalue weighted by Crippen LogP contribution is 2.21. The van der Waals surface area contributed by atoms with Gasteiger partial charge in [0.1, 0.15) is 5.15 Å². The van der Waals surface area contributed by atoms with Crippen LogP contribution in [-0.4, -0.2) is 31.3 Å². The summed E-state index contributed by atoms with van der Waals surface area (Å²) in [6, 6.07) is 8.02. The van der Waals surface area contributed by atoms with Gasteiger partial charge in [-0.1, -0.05) is 17.5 Å². The first kappa shape index (κ1) is 13.8. The van der Waals surface area contributed by atoms with Crippen molar-refractivity contribution in [2.45, 2.75) is 4.90 Å². The summed E-state index contributed by atoms with van der Waals surface area (Å²) in [4.78, 5) is 4.29. The second kappa shape index (κ2) is 5.17. The number of hydrogen-bond donors (Lipinski definition) is 0. The van der Waals surface area contributed by atoms with Gasteiger partial charge in [0.15, 0.2) is 0 Å². The Kier molecular flexibility index (Phi) is 3.76. The second-order valence-corrected chi connectivity index (χ2v) is 6.39. The summed E-state index contributed by atoms with van der Waals surface area (Å²) in [6.45, 7) is 0.0270. The topological polar surface area (TPSA) is 50.3 Å². The first-order valence-electron chi connectivity index (χ1n) is 5.41. The van der Waals surface area contributed by atoms with Crippen LogP contribution in [0.5, 0.6) is 0 Å².